The number of rotatable bonds is 8. The average molecular weight is 227 g/mol. The Morgan fingerprint density at radius 1 is 1.44 bits per heavy atom. The summed E-state index contributed by atoms with van der Waals surface area (Å²) in [5.41, 5.74) is 5.12. The molecule has 1 rings (SSSR count). The van der Waals surface area contributed by atoms with Crippen molar-refractivity contribution < 1.29 is 9.59 Å². The molecule has 16 heavy (non-hydrogen) atoms. The maximum atomic E-state index is 11.8. The van der Waals surface area contributed by atoms with Crippen molar-refractivity contribution in [3.05, 3.63) is 0 Å². The zero-order chi connectivity index (χ0) is 12.0. The Kier molecular flexibility index (Phi) is 5.25. The smallest absolute Gasteiger partial charge is 0.237 e. The van der Waals surface area contributed by atoms with Crippen LogP contribution in [0, 0.1) is 0 Å². The molecular formula is C11H21N3O2. The number of nitrogens with zero attached hydrogens (tertiary/aromatic N) is 1. The fourth-order valence-corrected chi connectivity index (χ4v) is 1.46. The first-order chi connectivity index (χ1) is 7.63. The SMILES string of the molecule is CCCCN(CC(N)=O)C(=O)CNC1CC1. The third-order valence-electron chi connectivity index (χ3n) is 2.60. The highest BCUT2D eigenvalue weighted by Crippen LogP contribution is 2.18. The van der Waals surface area contributed by atoms with E-state index in [0.717, 1.165) is 25.7 Å². The van der Waals surface area contributed by atoms with Crippen LogP contribution in [0.2, 0.25) is 0 Å². The van der Waals surface area contributed by atoms with Gasteiger partial charge in [0.15, 0.2) is 0 Å². The number of hydrogen-bond acceptors (Lipinski definition) is 3. The van der Waals surface area contributed by atoms with E-state index in [4.69, 9.17) is 5.73 Å². The first-order valence-corrected chi connectivity index (χ1v) is 5.93. The summed E-state index contributed by atoms with van der Waals surface area (Å²) in [5.74, 6) is -0.477. The van der Waals surface area contributed by atoms with E-state index in [1.807, 2.05) is 0 Å². The Morgan fingerprint density at radius 2 is 2.12 bits per heavy atom. The zero-order valence-electron chi connectivity index (χ0n) is 9.87. The molecule has 1 aliphatic rings. The van der Waals surface area contributed by atoms with Crippen molar-refractivity contribution in [3.63, 3.8) is 0 Å². The summed E-state index contributed by atoms with van der Waals surface area (Å²) in [7, 11) is 0. The number of carbonyl (C=O) groups excluding carboxylic acids is 2. The zero-order valence-corrected chi connectivity index (χ0v) is 9.87. The summed E-state index contributed by atoms with van der Waals surface area (Å²) < 4.78 is 0. The molecule has 0 atom stereocenters. The highest BCUT2D eigenvalue weighted by molar-refractivity contribution is 5.84. The molecule has 2 amide bonds. The molecule has 0 aromatic carbocycles. The Hall–Kier alpha value is -1.10. The first kappa shape index (κ1) is 13.0. The molecule has 0 aromatic rings. The Morgan fingerprint density at radius 3 is 2.62 bits per heavy atom. The lowest BCUT2D eigenvalue weighted by Gasteiger charge is -2.21. The highest BCUT2D eigenvalue weighted by atomic mass is 16.2. The van der Waals surface area contributed by atoms with E-state index >= 15 is 0 Å². The van der Waals surface area contributed by atoms with Gasteiger partial charge in [0.05, 0.1) is 13.1 Å². The topological polar surface area (TPSA) is 75.4 Å². The Labute approximate surface area is 96.4 Å². The van der Waals surface area contributed by atoms with Gasteiger partial charge in [-0.1, -0.05) is 13.3 Å². The minimum absolute atomic E-state index is 0.0286. The number of unbranched alkanes of at least 4 members (excludes halogenated alkanes) is 1. The minimum Gasteiger partial charge on any atom is -0.368 e. The molecule has 0 saturated heterocycles. The van der Waals surface area contributed by atoms with Crippen LogP contribution < -0.4 is 11.1 Å². The number of hydrogen-bond donors (Lipinski definition) is 2. The van der Waals surface area contributed by atoms with Crippen LogP contribution in [0.5, 0.6) is 0 Å². The lowest BCUT2D eigenvalue weighted by atomic mass is 10.3. The summed E-state index contributed by atoms with van der Waals surface area (Å²) in [6.45, 7) is 3.02. The summed E-state index contributed by atoms with van der Waals surface area (Å²) in [5, 5.41) is 3.14. The summed E-state index contributed by atoms with van der Waals surface area (Å²) in [6.07, 6.45) is 4.21. The second-order valence-electron chi connectivity index (χ2n) is 4.29. The maximum Gasteiger partial charge on any atom is 0.237 e. The second kappa shape index (κ2) is 6.48. The lowest BCUT2D eigenvalue weighted by Crippen LogP contribution is -2.43. The van der Waals surface area contributed by atoms with Gasteiger partial charge in [-0.25, -0.2) is 0 Å². The largest absolute Gasteiger partial charge is 0.368 e. The van der Waals surface area contributed by atoms with E-state index in [1.54, 1.807) is 4.90 Å². The number of carbonyl (C=O) groups is 2. The molecule has 3 N–H and O–H groups in total. The Bertz CT molecular complexity index is 252. The van der Waals surface area contributed by atoms with E-state index < -0.39 is 5.91 Å². The summed E-state index contributed by atoms with van der Waals surface area (Å²) in [4.78, 5) is 24.2. The van der Waals surface area contributed by atoms with E-state index in [0.29, 0.717) is 19.1 Å². The van der Waals surface area contributed by atoms with Gasteiger partial charge in [-0.15, -0.1) is 0 Å². The van der Waals surface area contributed by atoms with Crippen molar-refractivity contribution in [3.8, 4) is 0 Å². The van der Waals surface area contributed by atoms with Crippen molar-refractivity contribution in [2.24, 2.45) is 5.73 Å². The molecule has 1 saturated carbocycles. The van der Waals surface area contributed by atoms with Crippen LogP contribution in [0.1, 0.15) is 32.6 Å². The van der Waals surface area contributed by atoms with Gasteiger partial charge in [0.2, 0.25) is 11.8 Å². The predicted octanol–water partition coefficient (Wildman–Crippen LogP) is -0.148. The molecule has 5 nitrogen and oxygen atoms in total. The maximum absolute atomic E-state index is 11.8. The molecule has 1 aliphatic carbocycles. The van der Waals surface area contributed by atoms with Gasteiger partial charge in [-0.3, -0.25) is 9.59 Å². The molecule has 0 aromatic heterocycles. The minimum atomic E-state index is -0.448. The van der Waals surface area contributed by atoms with Gasteiger partial charge in [0, 0.05) is 12.6 Å². The molecule has 0 radical (unpaired) electrons. The number of nitrogens with two attached hydrogens (primary N) is 1. The quantitative estimate of drug-likeness (QED) is 0.605. The molecule has 0 unspecified atom stereocenters. The molecule has 0 heterocycles. The van der Waals surface area contributed by atoms with Crippen LogP contribution in [-0.2, 0) is 9.59 Å². The van der Waals surface area contributed by atoms with Crippen molar-refractivity contribution in [2.45, 2.75) is 38.6 Å². The normalized spacial score (nSPS) is 14.8. The molecule has 92 valence electrons. The van der Waals surface area contributed by atoms with Gasteiger partial charge in [0.1, 0.15) is 0 Å². The van der Waals surface area contributed by atoms with Crippen LogP contribution in [0.4, 0.5) is 0 Å². The molecule has 0 bridgehead atoms. The van der Waals surface area contributed by atoms with Crippen LogP contribution in [0.3, 0.4) is 0 Å². The third kappa shape index (κ3) is 5.11. The number of primary amides is 1. The molecular weight excluding hydrogens is 206 g/mol. The van der Waals surface area contributed by atoms with Crippen molar-refractivity contribution >= 4 is 11.8 Å². The van der Waals surface area contributed by atoms with Crippen LogP contribution in [0.25, 0.3) is 0 Å². The molecule has 1 fully saturated rings. The van der Waals surface area contributed by atoms with E-state index in [9.17, 15) is 9.59 Å². The third-order valence-corrected chi connectivity index (χ3v) is 2.60. The van der Waals surface area contributed by atoms with Gasteiger partial charge < -0.3 is 16.0 Å². The predicted molar refractivity (Wildman–Crippen MR) is 61.7 cm³/mol. The summed E-state index contributed by atoms with van der Waals surface area (Å²) in [6, 6.07) is 0.505. The Balaban J connectivity index is 2.31. The first-order valence-electron chi connectivity index (χ1n) is 5.93. The molecule has 5 heteroatoms. The number of amides is 2. The van der Waals surface area contributed by atoms with Crippen molar-refractivity contribution in [1.29, 1.82) is 0 Å². The van der Waals surface area contributed by atoms with E-state index in [1.165, 1.54) is 0 Å². The van der Waals surface area contributed by atoms with Crippen molar-refractivity contribution in [1.82, 2.24) is 10.2 Å². The van der Waals surface area contributed by atoms with Crippen LogP contribution in [-0.4, -0.2) is 42.4 Å². The van der Waals surface area contributed by atoms with Crippen molar-refractivity contribution in [2.75, 3.05) is 19.6 Å². The monoisotopic (exact) mass is 227 g/mol. The van der Waals surface area contributed by atoms with E-state index in [2.05, 4.69) is 12.2 Å². The van der Waals surface area contributed by atoms with Crippen LogP contribution in [0.15, 0.2) is 0 Å². The molecule has 0 spiro atoms. The van der Waals surface area contributed by atoms with Gasteiger partial charge in [-0.05, 0) is 19.3 Å². The fraction of sp³-hybridized carbons (Fsp3) is 0.818. The van der Waals surface area contributed by atoms with Gasteiger partial charge in [-0.2, -0.15) is 0 Å². The number of nitrogens with one attached hydrogen (secondary N) is 1. The second-order valence-corrected chi connectivity index (χ2v) is 4.29. The van der Waals surface area contributed by atoms with Gasteiger partial charge in [0.25, 0.3) is 0 Å². The average Bonchev–Trinajstić information content (AvgIpc) is 3.04. The fourth-order valence-electron chi connectivity index (χ4n) is 1.46. The highest BCUT2D eigenvalue weighted by Gasteiger charge is 2.23. The molecule has 0 aliphatic heterocycles. The van der Waals surface area contributed by atoms with Gasteiger partial charge >= 0.3 is 0 Å². The van der Waals surface area contributed by atoms with E-state index in [-0.39, 0.29) is 12.5 Å². The lowest BCUT2D eigenvalue weighted by molar-refractivity contribution is -0.134. The van der Waals surface area contributed by atoms with Crippen LogP contribution >= 0.6 is 0 Å². The summed E-state index contributed by atoms with van der Waals surface area (Å²) >= 11 is 0. The standard InChI is InChI=1S/C11H21N3O2/c1-2-3-6-14(8-10(12)15)11(16)7-13-9-4-5-9/h9,13H,2-8H2,1H3,(H2,12,15).